The summed E-state index contributed by atoms with van der Waals surface area (Å²) in [6.45, 7) is 2.72. The monoisotopic (exact) mass is 320 g/mol. The molecule has 22 heavy (non-hydrogen) atoms. The molecule has 0 aliphatic carbocycles. The largest absolute Gasteiger partial charge is 0.359 e. The Hall–Kier alpha value is -1.77. The number of rotatable bonds is 4. The molecule has 1 fully saturated rings. The highest BCUT2D eigenvalue weighted by Gasteiger charge is 2.29. The first-order chi connectivity index (χ1) is 10.6. The summed E-state index contributed by atoms with van der Waals surface area (Å²) >= 11 is 6.12. The fraction of sp³-hybridized carbons (Fsp3) is 0.500. The molecule has 1 amide bonds. The van der Waals surface area contributed by atoms with Crippen molar-refractivity contribution in [2.45, 2.75) is 38.4 Å². The SMILES string of the molecule is CNC(C)NC(=O)C1CCCCN1c1ccc(C#N)c(Cl)c1. The van der Waals surface area contributed by atoms with Crippen LogP contribution >= 0.6 is 11.6 Å². The number of amides is 1. The van der Waals surface area contributed by atoms with Gasteiger partial charge in [0.1, 0.15) is 12.1 Å². The highest BCUT2D eigenvalue weighted by Crippen LogP contribution is 2.28. The number of hydrogen-bond acceptors (Lipinski definition) is 4. The minimum Gasteiger partial charge on any atom is -0.359 e. The van der Waals surface area contributed by atoms with Crippen molar-refractivity contribution < 1.29 is 4.79 Å². The second kappa shape index (κ2) is 7.48. The fourth-order valence-corrected chi connectivity index (χ4v) is 2.89. The molecule has 0 bridgehead atoms. The van der Waals surface area contributed by atoms with Crippen LogP contribution in [-0.4, -0.2) is 31.7 Å². The zero-order chi connectivity index (χ0) is 16.1. The van der Waals surface area contributed by atoms with Crippen LogP contribution in [0.5, 0.6) is 0 Å². The number of nitriles is 1. The molecule has 5 nitrogen and oxygen atoms in total. The average Bonchev–Trinajstić information content (AvgIpc) is 2.54. The van der Waals surface area contributed by atoms with Crippen molar-refractivity contribution >= 4 is 23.2 Å². The van der Waals surface area contributed by atoms with Crippen LogP contribution in [0, 0.1) is 11.3 Å². The summed E-state index contributed by atoms with van der Waals surface area (Å²) in [5, 5.41) is 15.4. The average molecular weight is 321 g/mol. The second-order valence-corrected chi connectivity index (χ2v) is 5.91. The molecule has 0 saturated carbocycles. The number of benzene rings is 1. The van der Waals surface area contributed by atoms with Crippen LogP contribution in [0.25, 0.3) is 0 Å². The summed E-state index contributed by atoms with van der Waals surface area (Å²) < 4.78 is 0. The zero-order valence-electron chi connectivity index (χ0n) is 12.9. The van der Waals surface area contributed by atoms with Gasteiger partial charge in [-0.25, -0.2) is 0 Å². The molecule has 2 N–H and O–H groups in total. The predicted molar refractivity (Wildman–Crippen MR) is 87.8 cm³/mol. The molecule has 1 aliphatic rings. The van der Waals surface area contributed by atoms with Crippen LogP contribution < -0.4 is 15.5 Å². The maximum atomic E-state index is 12.5. The molecular formula is C16H21ClN4O. The molecule has 0 radical (unpaired) electrons. The van der Waals surface area contributed by atoms with Gasteiger partial charge in [-0.3, -0.25) is 4.79 Å². The minimum atomic E-state index is -0.200. The van der Waals surface area contributed by atoms with Crippen molar-refractivity contribution in [3.63, 3.8) is 0 Å². The lowest BCUT2D eigenvalue weighted by atomic mass is 10.00. The van der Waals surface area contributed by atoms with Crippen molar-refractivity contribution in [2.75, 3.05) is 18.5 Å². The van der Waals surface area contributed by atoms with Gasteiger partial charge in [-0.1, -0.05) is 11.6 Å². The summed E-state index contributed by atoms with van der Waals surface area (Å²) in [7, 11) is 1.81. The Bertz CT molecular complexity index is 584. The summed E-state index contributed by atoms with van der Waals surface area (Å²) in [5.74, 6) is 0.0158. The summed E-state index contributed by atoms with van der Waals surface area (Å²) in [6.07, 6.45) is 2.83. The third-order valence-corrected chi connectivity index (χ3v) is 4.31. The van der Waals surface area contributed by atoms with Crippen LogP contribution in [0.15, 0.2) is 18.2 Å². The Morgan fingerprint density at radius 2 is 2.27 bits per heavy atom. The zero-order valence-corrected chi connectivity index (χ0v) is 13.7. The fourth-order valence-electron chi connectivity index (χ4n) is 2.67. The Morgan fingerprint density at radius 1 is 1.50 bits per heavy atom. The van der Waals surface area contributed by atoms with Gasteiger partial charge in [-0.05, 0) is 51.4 Å². The molecule has 1 aromatic rings. The van der Waals surface area contributed by atoms with Crippen molar-refractivity contribution in [1.29, 1.82) is 5.26 Å². The molecule has 2 unspecified atom stereocenters. The number of piperidine rings is 1. The molecule has 1 aliphatic heterocycles. The molecule has 0 spiro atoms. The lowest BCUT2D eigenvalue weighted by Gasteiger charge is -2.37. The molecule has 1 saturated heterocycles. The number of anilines is 1. The Balaban J connectivity index is 2.21. The van der Waals surface area contributed by atoms with Gasteiger partial charge in [0.15, 0.2) is 0 Å². The van der Waals surface area contributed by atoms with Gasteiger partial charge >= 0.3 is 0 Å². The van der Waals surface area contributed by atoms with E-state index in [1.807, 2.05) is 20.0 Å². The van der Waals surface area contributed by atoms with Crippen LogP contribution in [-0.2, 0) is 4.79 Å². The molecular weight excluding hydrogens is 300 g/mol. The third kappa shape index (κ3) is 3.70. The van der Waals surface area contributed by atoms with E-state index in [2.05, 4.69) is 21.6 Å². The van der Waals surface area contributed by atoms with Crippen LogP contribution in [0.3, 0.4) is 0 Å². The molecule has 0 aromatic heterocycles. The Morgan fingerprint density at radius 3 is 2.91 bits per heavy atom. The standard InChI is InChI=1S/C16H21ClN4O/c1-11(19-2)20-16(22)15-5-3-4-8-21(15)13-7-6-12(10-18)14(17)9-13/h6-7,9,11,15,19H,3-5,8H2,1-2H3,(H,20,22). The van der Waals surface area contributed by atoms with E-state index in [0.717, 1.165) is 31.5 Å². The van der Waals surface area contributed by atoms with Crippen LogP contribution in [0.2, 0.25) is 5.02 Å². The predicted octanol–water partition coefficient (Wildman–Crippen LogP) is 2.25. The lowest BCUT2D eigenvalue weighted by molar-refractivity contribution is -0.123. The van der Waals surface area contributed by atoms with E-state index in [-0.39, 0.29) is 18.1 Å². The first-order valence-corrected chi connectivity index (χ1v) is 7.88. The lowest BCUT2D eigenvalue weighted by Crippen LogP contribution is -2.53. The minimum absolute atomic E-state index is 0.0158. The van der Waals surface area contributed by atoms with E-state index < -0.39 is 0 Å². The van der Waals surface area contributed by atoms with Gasteiger partial charge in [0, 0.05) is 12.2 Å². The van der Waals surface area contributed by atoms with E-state index in [1.54, 1.807) is 12.1 Å². The van der Waals surface area contributed by atoms with E-state index in [9.17, 15) is 4.79 Å². The first kappa shape index (κ1) is 16.6. The van der Waals surface area contributed by atoms with Crippen molar-refractivity contribution in [2.24, 2.45) is 0 Å². The van der Waals surface area contributed by atoms with E-state index in [4.69, 9.17) is 16.9 Å². The number of nitrogens with zero attached hydrogens (tertiary/aromatic N) is 2. The van der Waals surface area contributed by atoms with Crippen molar-refractivity contribution in [3.05, 3.63) is 28.8 Å². The van der Waals surface area contributed by atoms with Gasteiger partial charge in [0.25, 0.3) is 0 Å². The normalized spacial score (nSPS) is 19.4. The van der Waals surface area contributed by atoms with Gasteiger partial charge in [-0.15, -0.1) is 0 Å². The highest BCUT2D eigenvalue weighted by molar-refractivity contribution is 6.32. The molecule has 6 heteroatoms. The maximum absolute atomic E-state index is 12.5. The molecule has 1 aromatic carbocycles. The second-order valence-electron chi connectivity index (χ2n) is 5.50. The summed E-state index contributed by atoms with van der Waals surface area (Å²) in [6, 6.07) is 7.19. The van der Waals surface area contributed by atoms with Gasteiger partial charge in [0.05, 0.1) is 16.8 Å². The van der Waals surface area contributed by atoms with Crippen LogP contribution in [0.1, 0.15) is 31.7 Å². The van der Waals surface area contributed by atoms with Crippen molar-refractivity contribution in [1.82, 2.24) is 10.6 Å². The maximum Gasteiger partial charge on any atom is 0.243 e. The van der Waals surface area contributed by atoms with Gasteiger partial charge < -0.3 is 15.5 Å². The van der Waals surface area contributed by atoms with E-state index in [0.29, 0.717) is 10.6 Å². The first-order valence-electron chi connectivity index (χ1n) is 7.50. The number of carbonyl (C=O) groups is 1. The van der Waals surface area contributed by atoms with Gasteiger partial charge in [0.2, 0.25) is 5.91 Å². The molecule has 2 atom stereocenters. The summed E-state index contributed by atoms with van der Waals surface area (Å²) in [4.78, 5) is 14.6. The number of halogens is 1. The highest BCUT2D eigenvalue weighted by atomic mass is 35.5. The molecule has 118 valence electrons. The Labute approximate surface area is 136 Å². The Kier molecular flexibility index (Phi) is 5.64. The van der Waals surface area contributed by atoms with Crippen molar-refractivity contribution in [3.8, 4) is 6.07 Å². The smallest absolute Gasteiger partial charge is 0.243 e. The number of hydrogen-bond donors (Lipinski definition) is 2. The topological polar surface area (TPSA) is 68.2 Å². The number of carbonyl (C=O) groups excluding carboxylic acids is 1. The van der Waals surface area contributed by atoms with E-state index >= 15 is 0 Å². The van der Waals surface area contributed by atoms with E-state index in [1.165, 1.54) is 0 Å². The third-order valence-electron chi connectivity index (χ3n) is 4.00. The summed E-state index contributed by atoms with van der Waals surface area (Å²) in [5.41, 5.74) is 1.34. The quantitative estimate of drug-likeness (QED) is 0.835. The van der Waals surface area contributed by atoms with Crippen LogP contribution in [0.4, 0.5) is 5.69 Å². The molecule has 1 heterocycles. The molecule has 2 rings (SSSR count). The number of nitrogens with one attached hydrogen (secondary N) is 2. The van der Waals surface area contributed by atoms with Gasteiger partial charge in [-0.2, -0.15) is 5.26 Å².